The fourth-order valence-corrected chi connectivity index (χ4v) is 2.74. The van der Waals surface area contributed by atoms with Gasteiger partial charge in [0.1, 0.15) is 22.8 Å². The number of halogens is 2. The highest BCUT2D eigenvalue weighted by atomic mass is 79.9. The lowest BCUT2D eigenvalue weighted by Crippen LogP contribution is -2.23. The van der Waals surface area contributed by atoms with Crippen molar-refractivity contribution in [2.75, 3.05) is 0 Å². The normalized spacial score (nSPS) is 10.6. The van der Waals surface area contributed by atoms with Crippen LogP contribution in [0.5, 0.6) is 0 Å². The molecule has 0 aliphatic heterocycles. The predicted octanol–water partition coefficient (Wildman–Crippen LogP) is 4.48. The molecule has 0 aliphatic rings. The predicted molar refractivity (Wildman–Crippen MR) is 91.9 cm³/mol. The van der Waals surface area contributed by atoms with Gasteiger partial charge in [-0.15, -0.1) is 0 Å². The number of hydrogen-bond acceptors (Lipinski definition) is 3. The summed E-state index contributed by atoms with van der Waals surface area (Å²) in [7, 11) is 0. The minimum absolute atomic E-state index is 0.284. The zero-order valence-electron chi connectivity index (χ0n) is 12.8. The fourth-order valence-electron chi connectivity index (χ4n) is 2.35. The molecule has 3 aromatic rings. The van der Waals surface area contributed by atoms with Crippen LogP contribution < -0.4 is 5.32 Å². The van der Waals surface area contributed by atoms with Crippen molar-refractivity contribution in [2.24, 2.45) is 0 Å². The first kappa shape index (κ1) is 16.4. The topological polar surface area (TPSA) is 55.1 Å². The molecule has 1 N–H and O–H groups in total. The number of nitrogens with one attached hydrogen (secondary N) is 1. The second kappa shape index (κ2) is 6.97. The Labute approximate surface area is 146 Å². The maximum Gasteiger partial charge on any atom is 0.257 e. The quantitative estimate of drug-likeness (QED) is 0.716. The molecule has 0 fully saturated rings. The van der Waals surface area contributed by atoms with Gasteiger partial charge in [0.25, 0.3) is 5.91 Å². The largest absolute Gasteiger partial charge is 0.360 e. The van der Waals surface area contributed by atoms with Crippen molar-refractivity contribution in [3.8, 4) is 11.3 Å². The maximum atomic E-state index is 12.9. The molecule has 0 saturated heterocycles. The number of rotatable bonds is 4. The van der Waals surface area contributed by atoms with Gasteiger partial charge < -0.3 is 9.84 Å². The van der Waals surface area contributed by atoms with Gasteiger partial charge in [-0.1, -0.05) is 45.4 Å². The molecule has 0 bridgehead atoms. The van der Waals surface area contributed by atoms with Gasteiger partial charge in [0.05, 0.1) is 0 Å². The Kier molecular flexibility index (Phi) is 4.76. The van der Waals surface area contributed by atoms with Crippen LogP contribution in [0.4, 0.5) is 4.39 Å². The molecule has 3 rings (SSSR count). The van der Waals surface area contributed by atoms with E-state index in [0.717, 1.165) is 15.6 Å². The summed E-state index contributed by atoms with van der Waals surface area (Å²) in [6.07, 6.45) is 0. The van der Waals surface area contributed by atoms with E-state index in [1.807, 2.05) is 24.3 Å². The molecule has 6 heteroatoms. The van der Waals surface area contributed by atoms with Gasteiger partial charge in [-0.05, 0) is 36.8 Å². The number of hydrogen-bond donors (Lipinski definition) is 1. The first-order valence-corrected chi connectivity index (χ1v) is 8.09. The molecule has 2 aromatic carbocycles. The zero-order valence-corrected chi connectivity index (χ0v) is 14.4. The second-order valence-corrected chi connectivity index (χ2v) is 6.20. The lowest BCUT2D eigenvalue weighted by molar-refractivity contribution is 0.0950. The van der Waals surface area contributed by atoms with Gasteiger partial charge >= 0.3 is 0 Å². The van der Waals surface area contributed by atoms with E-state index in [0.29, 0.717) is 23.6 Å². The van der Waals surface area contributed by atoms with E-state index in [9.17, 15) is 9.18 Å². The Morgan fingerprint density at radius 3 is 2.71 bits per heavy atom. The summed E-state index contributed by atoms with van der Waals surface area (Å²) in [5.41, 5.74) is 2.48. The van der Waals surface area contributed by atoms with Crippen molar-refractivity contribution in [2.45, 2.75) is 13.5 Å². The third-order valence-corrected chi connectivity index (χ3v) is 4.05. The fraction of sp³-hybridized carbons (Fsp3) is 0.111. The van der Waals surface area contributed by atoms with Crippen LogP contribution in [0.2, 0.25) is 0 Å². The number of nitrogens with zero attached hydrogens (tertiary/aromatic N) is 1. The SMILES string of the molecule is Cc1onc(-c2cccc(Br)c2)c1C(=O)NCc1ccc(F)cc1. The van der Waals surface area contributed by atoms with Crippen molar-refractivity contribution in [1.29, 1.82) is 0 Å². The van der Waals surface area contributed by atoms with Crippen LogP contribution in [0.25, 0.3) is 11.3 Å². The lowest BCUT2D eigenvalue weighted by atomic mass is 10.1. The molecule has 4 nitrogen and oxygen atoms in total. The summed E-state index contributed by atoms with van der Waals surface area (Å²) in [5, 5.41) is 6.82. The van der Waals surface area contributed by atoms with Gasteiger partial charge in [0.2, 0.25) is 0 Å². The molecule has 1 heterocycles. The van der Waals surface area contributed by atoms with Gasteiger partial charge in [-0.3, -0.25) is 4.79 Å². The Morgan fingerprint density at radius 2 is 2.00 bits per heavy atom. The van der Waals surface area contributed by atoms with Crippen molar-refractivity contribution in [3.05, 3.63) is 75.7 Å². The highest BCUT2D eigenvalue weighted by molar-refractivity contribution is 9.10. The molecule has 1 aromatic heterocycles. The average Bonchev–Trinajstić information content (AvgIpc) is 2.96. The van der Waals surface area contributed by atoms with Crippen LogP contribution in [0, 0.1) is 12.7 Å². The highest BCUT2D eigenvalue weighted by Gasteiger charge is 2.21. The molecule has 1 amide bonds. The first-order valence-electron chi connectivity index (χ1n) is 7.29. The summed E-state index contributed by atoms with van der Waals surface area (Å²) < 4.78 is 19.0. The number of aryl methyl sites for hydroxylation is 1. The first-order chi connectivity index (χ1) is 11.5. The third-order valence-electron chi connectivity index (χ3n) is 3.55. The smallest absolute Gasteiger partial charge is 0.257 e. The van der Waals surface area contributed by atoms with Crippen molar-refractivity contribution < 1.29 is 13.7 Å². The van der Waals surface area contributed by atoms with Gasteiger partial charge in [0.15, 0.2) is 0 Å². The Bertz CT molecular complexity index is 875. The number of benzene rings is 2. The monoisotopic (exact) mass is 388 g/mol. The molecule has 24 heavy (non-hydrogen) atoms. The summed E-state index contributed by atoms with van der Waals surface area (Å²) in [4.78, 5) is 12.5. The van der Waals surface area contributed by atoms with Crippen LogP contribution in [0.3, 0.4) is 0 Å². The lowest BCUT2D eigenvalue weighted by Gasteiger charge is -2.06. The molecular weight excluding hydrogens is 375 g/mol. The molecule has 122 valence electrons. The molecule has 0 unspecified atom stereocenters. The van der Waals surface area contributed by atoms with E-state index in [4.69, 9.17) is 4.52 Å². The Hall–Kier alpha value is -2.47. The number of amides is 1. The van der Waals surface area contributed by atoms with Crippen molar-refractivity contribution in [1.82, 2.24) is 10.5 Å². The summed E-state index contributed by atoms with van der Waals surface area (Å²) in [6.45, 7) is 1.99. The van der Waals surface area contributed by atoms with Crippen molar-refractivity contribution in [3.63, 3.8) is 0 Å². The Morgan fingerprint density at radius 1 is 1.25 bits per heavy atom. The second-order valence-electron chi connectivity index (χ2n) is 5.28. The maximum absolute atomic E-state index is 12.9. The standard InChI is InChI=1S/C18H14BrFN2O2/c1-11-16(17(22-24-11)13-3-2-4-14(19)9-13)18(23)21-10-12-5-7-15(20)8-6-12/h2-9H,10H2,1H3,(H,21,23). The number of carbonyl (C=O) groups excluding carboxylic acids is 1. The number of carbonyl (C=O) groups is 1. The van der Waals surface area contributed by atoms with Gasteiger partial charge in [-0.25, -0.2) is 4.39 Å². The Balaban J connectivity index is 1.82. The molecule has 0 atom stereocenters. The van der Waals surface area contributed by atoms with Gasteiger partial charge in [0, 0.05) is 16.6 Å². The van der Waals surface area contributed by atoms with Gasteiger partial charge in [-0.2, -0.15) is 0 Å². The van der Waals surface area contributed by atoms with E-state index < -0.39 is 0 Å². The van der Waals surface area contributed by atoms with E-state index in [-0.39, 0.29) is 11.7 Å². The van der Waals surface area contributed by atoms with E-state index >= 15 is 0 Å². The average molecular weight is 389 g/mol. The minimum Gasteiger partial charge on any atom is -0.360 e. The third kappa shape index (κ3) is 3.54. The van der Waals surface area contributed by atoms with E-state index in [1.165, 1.54) is 12.1 Å². The van der Waals surface area contributed by atoms with Crippen LogP contribution in [-0.2, 0) is 6.54 Å². The van der Waals surface area contributed by atoms with Crippen LogP contribution in [0.15, 0.2) is 57.5 Å². The molecule has 0 radical (unpaired) electrons. The molecule has 0 aliphatic carbocycles. The van der Waals surface area contributed by atoms with Crippen LogP contribution in [-0.4, -0.2) is 11.1 Å². The minimum atomic E-state index is -0.308. The zero-order chi connectivity index (χ0) is 17.1. The molecule has 0 spiro atoms. The van der Waals surface area contributed by atoms with Crippen molar-refractivity contribution >= 4 is 21.8 Å². The summed E-state index contributed by atoms with van der Waals surface area (Å²) in [6, 6.07) is 13.5. The number of aromatic nitrogens is 1. The summed E-state index contributed by atoms with van der Waals surface area (Å²) in [5.74, 6) is -0.147. The van der Waals surface area contributed by atoms with E-state index in [2.05, 4.69) is 26.4 Å². The van der Waals surface area contributed by atoms with E-state index in [1.54, 1.807) is 19.1 Å². The molecule has 0 saturated carbocycles. The highest BCUT2D eigenvalue weighted by Crippen LogP contribution is 2.27. The summed E-state index contributed by atoms with van der Waals surface area (Å²) >= 11 is 3.41. The van der Waals surface area contributed by atoms with Crippen LogP contribution in [0.1, 0.15) is 21.7 Å². The van der Waals surface area contributed by atoms with Crippen LogP contribution >= 0.6 is 15.9 Å². The molecular formula is C18H14BrFN2O2.